The molecule has 0 radical (unpaired) electrons. The number of amides is 1. The van der Waals surface area contributed by atoms with Crippen LogP contribution in [0.5, 0.6) is 5.75 Å². The molecule has 1 N–H and O–H groups in total. The Hall–Kier alpha value is -2.50. The zero-order valence-electron chi connectivity index (χ0n) is 15.9. The molecule has 0 bridgehead atoms. The molecule has 0 aliphatic heterocycles. The lowest BCUT2D eigenvalue weighted by molar-refractivity contribution is 0.0939. The molecule has 1 heterocycles. The lowest BCUT2D eigenvalue weighted by atomic mass is 10.1. The molecule has 0 saturated carbocycles. The van der Waals surface area contributed by atoms with Crippen molar-refractivity contribution in [3.63, 3.8) is 0 Å². The first kappa shape index (κ1) is 20.2. The Balaban J connectivity index is 1.66. The van der Waals surface area contributed by atoms with Gasteiger partial charge >= 0.3 is 0 Å². The zero-order chi connectivity index (χ0) is 20.3. The van der Waals surface area contributed by atoms with E-state index in [1.165, 1.54) is 0 Å². The Bertz CT molecular complexity index is 1000. The van der Waals surface area contributed by atoms with Crippen LogP contribution in [0.1, 0.15) is 40.1 Å². The fourth-order valence-electron chi connectivity index (χ4n) is 2.85. The van der Waals surface area contributed by atoms with Crippen LogP contribution in [0.25, 0.3) is 0 Å². The largest absolute Gasteiger partial charge is 0.487 e. The first-order valence-electron chi connectivity index (χ1n) is 8.81. The summed E-state index contributed by atoms with van der Waals surface area (Å²) in [5.74, 6) is 0.392. The number of halogens is 2. The summed E-state index contributed by atoms with van der Waals surface area (Å²) < 4.78 is 7.54. The lowest BCUT2D eigenvalue weighted by Crippen LogP contribution is -2.27. The Labute approximate surface area is 174 Å². The number of ether oxygens (including phenoxy) is 1. The van der Waals surface area contributed by atoms with E-state index in [0.29, 0.717) is 28.0 Å². The van der Waals surface area contributed by atoms with Gasteiger partial charge in [-0.3, -0.25) is 9.48 Å². The highest BCUT2D eigenvalue weighted by atomic mass is 35.5. The van der Waals surface area contributed by atoms with E-state index in [-0.39, 0.29) is 11.9 Å². The fraction of sp³-hybridized carbons (Fsp3) is 0.238. The topological polar surface area (TPSA) is 56.1 Å². The number of aryl methyl sites for hydroxylation is 1. The number of hydrogen-bond donors (Lipinski definition) is 1. The van der Waals surface area contributed by atoms with Crippen molar-refractivity contribution >= 4 is 29.1 Å². The Morgan fingerprint density at radius 3 is 2.71 bits per heavy atom. The number of carbonyl (C=O) groups excluding carboxylic acids is 1. The summed E-state index contributed by atoms with van der Waals surface area (Å²) in [6.07, 6.45) is 1.78. The van der Waals surface area contributed by atoms with Gasteiger partial charge in [-0.05, 0) is 49.7 Å². The fourth-order valence-corrected chi connectivity index (χ4v) is 3.32. The summed E-state index contributed by atoms with van der Waals surface area (Å²) >= 11 is 12.0. The zero-order valence-corrected chi connectivity index (χ0v) is 17.4. The van der Waals surface area contributed by atoms with E-state index < -0.39 is 0 Å². The molecule has 0 spiro atoms. The number of carbonyl (C=O) groups is 1. The molecule has 0 aliphatic rings. The second-order valence-electron chi connectivity index (χ2n) is 6.57. The van der Waals surface area contributed by atoms with Gasteiger partial charge in [0, 0.05) is 28.9 Å². The van der Waals surface area contributed by atoms with Crippen LogP contribution in [0.3, 0.4) is 0 Å². The Morgan fingerprint density at radius 1 is 1.25 bits per heavy atom. The monoisotopic (exact) mass is 417 g/mol. The number of nitrogens with zero attached hydrogens (tertiary/aromatic N) is 2. The summed E-state index contributed by atoms with van der Waals surface area (Å²) in [6.45, 7) is 4.21. The van der Waals surface area contributed by atoms with Gasteiger partial charge in [-0.25, -0.2) is 0 Å². The average Bonchev–Trinajstić information content (AvgIpc) is 3.00. The highest BCUT2D eigenvalue weighted by molar-refractivity contribution is 6.35. The van der Waals surface area contributed by atoms with Gasteiger partial charge in [0.05, 0.1) is 17.3 Å². The summed E-state index contributed by atoms with van der Waals surface area (Å²) in [5.41, 5.74) is 3.45. The van der Waals surface area contributed by atoms with Crippen LogP contribution in [0.4, 0.5) is 0 Å². The molecule has 7 heteroatoms. The highest BCUT2D eigenvalue weighted by Gasteiger charge is 2.16. The summed E-state index contributed by atoms with van der Waals surface area (Å²) in [7, 11) is 1.88. The molecule has 1 aromatic heterocycles. The molecule has 0 aliphatic carbocycles. The Kier molecular flexibility index (Phi) is 6.27. The number of rotatable bonds is 6. The van der Waals surface area contributed by atoms with E-state index in [2.05, 4.69) is 10.4 Å². The van der Waals surface area contributed by atoms with Crippen molar-refractivity contribution in [2.24, 2.45) is 7.05 Å². The van der Waals surface area contributed by atoms with Crippen molar-refractivity contribution in [1.29, 1.82) is 0 Å². The second kappa shape index (κ2) is 8.67. The third kappa shape index (κ3) is 4.66. The van der Waals surface area contributed by atoms with E-state index in [9.17, 15) is 4.79 Å². The van der Waals surface area contributed by atoms with Crippen LogP contribution in [-0.4, -0.2) is 15.7 Å². The van der Waals surface area contributed by atoms with Gasteiger partial charge in [0.15, 0.2) is 0 Å². The molecule has 1 atom stereocenters. The molecule has 0 fully saturated rings. The van der Waals surface area contributed by atoms with Gasteiger partial charge < -0.3 is 10.1 Å². The van der Waals surface area contributed by atoms with E-state index in [1.54, 1.807) is 35.1 Å². The summed E-state index contributed by atoms with van der Waals surface area (Å²) in [6, 6.07) is 12.2. The van der Waals surface area contributed by atoms with Crippen molar-refractivity contribution < 1.29 is 9.53 Å². The maximum atomic E-state index is 12.6. The molecule has 0 saturated heterocycles. The minimum Gasteiger partial charge on any atom is -0.487 e. The third-order valence-electron chi connectivity index (χ3n) is 4.56. The third-order valence-corrected chi connectivity index (χ3v) is 5.10. The van der Waals surface area contributed by atoms with E-state index in [4.69, 9.17) is 27.9 Å². The van der Waals surface area contributed by atoms with E-state index in [1.807, 2.05) is 39.1 Å². The van der Waals surface area contributed by atoms with Gasteiger partial charge in [0.2, 0.25) is 0 Å². The number of benzene rings is 2. The smallest absolute Gasteiger partial charge is 0.251 e. The Morgan fingerprint density at radius 2 is 2.04 bits per heavy atom. The normalized spacial score (nSPS) is 11.9. The molecule has 3 aromatic rings. The van der Waals surface area contributed by atoms with Gasteiger partial charge in [0.25, 0.3) is 5.91 Å². The average molecular weight is 418 g/mol. The van der Waals surface area contributed by atoms with Crippen molar-refractivity contribution in [2.75, 3.05) is 0 Å². The standard InChI is InChI=1S/C21H21Cl2N3O2/c1-13(18-11-24-26(3)14(18)2)25-21(27)16-6-4-5-15(9-16)12-28-20-8-7-17(22)10-19(20)23/h4-11,13H,12H2,1-3H3,(H,25,27). The summed E-state index contributed by atoms with van der Waals surface area (Å²) in [5, 5.41) is 8.24. The van der Waals surface area contributed by atoms with Gasteiger partial charge in [-0.1, -0.05) is 35.3 Å². The van der Waals surface area contributed by atoms with E-state index in [0.717, 1.165) is 16.8 Å². The number of hydrogen-bond acceptors (Lipinski definition) is 3. The number of aromatic nitrogens is 2. The van der Waals surface area contributed by atoms with Crippen LogP contribution in [-0.2, 0) is 13.7 Å². The molecule has 28 heavy (non-hydrogen) atoms. The maximum Gasteiger partial charge on any atom is 0.251 e. The molecule has 3 rings (SSSR count). The molecule has 1 amide bonds. The van der Waals surface area contributed by atoms with Gasteiger partial charge in [0.1, 0.15) is 12.4 Å². The van der Waals surface area contributed by atoms with E-state index >= 15 is 0 Å². The van der Waals surface area contributed by atoms with Crippen molar-refractivity contribution in [2.45, 2.75) is 26.5 Å². The molecular weight excluding hydrogens is 397 g/mol. The van der Waals surface area contributed by atoms with Gasteiger partial charge in [-0.15, -0.1) is 0 Å². The molecule has 146 valence electrons. The van der Waals surface area contributed by atoms with Crippen LogP contribution >= 0.6 is 23.2 Å². The minimum absolute atomic E-state index is 0.144. The van der Waals surface area contributed by atoms with Crippen LogP contribution in [0, 0.1) is 6.92 Å². The minimum atomic E-state index is -0.151. The first-order chi connectivity index (χ1) is 13.3. The van der Waals surface area contributed by atoms with Crippen LogP contribution in [0.2, 0.25) is 10.0 Å². The SMILES string of the molecule is Cc1c(C(C)NC(=O)c2cccc(COc3ccc(Cl)cc3Cl)c2)cnn1C. The van der Waals surface area contributed by atoms with Gasteiger partial charge in [-0.2, -0.15) is 5.10 Å². The second-order valence-corrected chi connectivity index (χ2v) is 7.41. The quantitative estimate of drug-likeness (QED) is 0.606. The van der Waals surface area contributed by atoms with Crippen molar-refractivity contribution in [1.82, 2.24) is 15.1 Å². The van der Waals surface area contributed by atoms with Crippen molar-refractivity contribution in [3.8, 4) is 5.75 Å². The number of nitrogens with one attached hydrogen (secondary N) is 1. The molecule has 2 aromatic carbocycles. The maximum absolute atomic E-state index is 12.6. The highest BCUT2D eigenvalue weighted by Crippen LogP contribution is 2.28. The van der Waals surface area contributed by atoms with Crippen molar-refractivity contribution in [3.05, 3.63) is 81.1 Å². The lowest BCUT2D eigenvalue weighted by Gasteiger charge is -2.14. The molecule has 1 unspecified atom stereocenters. The predicted molar refractivity (Wildman–Crippen MR) is 111 cm³/mol. The van der Waals surface area contributed by atoms with Crippen LogP contribution in [0.15, 0.2) is 48.7 Å². The molecular formula is C21H21Cl2N3O2. The predicted octanol–water partition coefficient (Wildman–Crippen LogP) is 5.11. The van der Waals surface area contributed by atoms with Crippen LogP contribution < -0.4 is 10.1 Å². The summed E-state index contributed by atoms with van der Waals surface area (Å²) in [4.78, 5) is 12.6. The first-order valence-corrected chi connectivity index (χ1v) is 9.57. The molecule has 5 nitrogen and oxygen atoms in total.